The Morgan fingerprint density at radius 2 is 2.31 bits per heavy atom. The molecule has 0 aliphatic heterocycles. The number of nitrogens with zero attached hydrogens (tertiary/aromatic N) is 1. The van der Waals surface area contributed by atoms with Gasteiger partial charge in [-0.15, -0.1) is 11.3 Å². The van der Waals surface area contributed by atoms with Crippen molar-refractivity contribution in [2.45, 2.75) is 19.4 Å². The zero-order valence-electron chi connectivity index (χ0n) is 9.94. The Morgan fingerprint density at radius 1 is 1.44 bits per heavy atom. The summed E-state index contributed by atoms with van der Waals surface area (Å²) in [5.74, 6) is 0. The fourth-order valence-corrected chi connectivity index (χ4v) is 1.93. The first-order chi connectivity index (χ1) is 7.84. The van der Waals surface area contributed by atoms with Crippen molar-refractivity contribution in [1.29, 1.82) is 0 Å². The molecule has 1 heterocycles. The highest BCUT2D eigenvalue weighted by Gasteiger charge is 2.05. The van der Waals surface area contributed by atoms with E-state index in [2.05, 4.69) is 22.6 Å². The Bertz CT molecular complexity index is 254. The third-order valence-electron chi connectivity index (χ3n) is 2.24. The van der Waals surface area contributed by atoms with E-state index in [1.165, 1.54) is 0 Å². The molecule has 4 nitrogen and oxygen atoms in total. The topological polar surface area (TPSA) is 43.4 Å². The van der Waals surface area contributed by atoms with Crippen LogP contribution in [-0.2, 0) is 9.47 Å². The summed E-state index contributed by atoms with van der Waals surface area (Å²) >= 11 is 1.63. The summed E-state index contributed by atoms with van der Waals surface area (Å²) in [7, 11) is 1.68. The molecule has 0 saturated heterocycles. The van der Waals surface area contributed by atoms with E-state index in [1.54, 1.807) is 18.4 Å². The predicted octanol–water partition coefficient (Wildman–Crippen LogP) is 1.85. The number of aromatic nitrogens is 1. The first-order valence-electron chi connectivity index (χ1n) is 5.52. The van der Waals surface area contributed by atoms with Crippen LogP contribution in [0.2, 0.25) is 0 Å². The maximum Gasteiger partial charge on any atom is 0.0795 e. The molecular formula is C11H20N2O2S. The smallest absolute Gasteiger partial charge is 0.0795 e. The quantitative estimate of drug-likeness (QED) is 0.673. The summed E-state index contributed by atoms with van der Waals surface area (Å²) in [6, 6.07) is 0.324. The zero-order valence-corrected chi connectivity index (χ0v) is 10.8. The molecule has 1 rings (SSSR count). The van der Waals surface area contributed by atoms with Gasteiger partial charge in [0.25, 0.3) is 0 Å². The van der Waals surface area contributed by atoms with Crippen molar-refractivity contribution in [2.24, 2.45) is 0 Å². The molecule has 1 N–H and O–H groups in total. The van der Waals surface area contributed by atoms with Gasteiger partial charge in [0.1, 0.15) is 0 Å². The summed E-state index contributed by atoms with van der Waals surface area (Å²) in [4.78, 5) is 4.26. The average Bonchev–Trinajstić information content (AvgIpc) is 2.81. The molecule has 0 radical (unpaired) electrons. The van der Waals surface area contributed by atoms with E-state index in [1.807, 2.05) is 5.51 Å². The Balaban J connectivity index is 1.95. The van der Waals surface area contributed by atoms with E-state index >= 15 is 0 Å². The lowest BCUT2D eigenvalue weighted by molar-refractivity contribution is 0.0693. The van der Waals surface area contributed by atoms with Gasteiger partial charge >= 0.3 is 0 Å². The van der Waals surface area contributed by atoms with Crippen LogP contribution in [0.3, 0.4) is 0 Å². The third kappa shape index (κ3) is 5.55. The van der Waals surface area contributed by atoms with Gasteiger partial charge in [0.15, 0.2) is 0 Å². The van der Waals surface area contributed by atoms with E-state index in [4.69, 9.17) is 9.47 Å². The van der Waals surface area contributed by atoms with E-state index in [9.17, 15) is 0 Å². The Kier molecular flexibility index (Phi) is 7.33. The second-order valence-corrected chi connectivity index (χ2v) is 4.27. The van der Waals surface area contributed by atoms with Gasteiger partial charge in [-0.25, -0.2) is 4.98 Å². The van der Waals surface area contributed by atoms with Crippen molar-refractivity contribution in [3.8, 4) is 0 Å². The maximum atomic E-state index is 5.37. The summed E-state index contributed by atoms with van der Waals surface area (Å²) in [6.45, 7) is 5.20. The summed E-state index contributed by atoms with van der Waals surface area (Å²) in [6.07, 6.45) is 1.01. The van der Waals surface area contributed by atoms with Crippen molar-refractivity contribution < 1.29 is 9.47 Å². The minimum atomic E-state index is 0.324. The van der Waals surface area contributed by atoms with Crippen molar-refractivity contribution in [2.75, 3.05) is 33.5 Å². The lowest BCUT2D eigenvalue weighted by Gasteiger charge is -2.11. The van der Waals surface area contributed by atoms with Gasteiger partial charge in [0, 0.05) is 25.1 Å². The van der Waals surface area contributed by atoms with Crippen molar-refractivity contribution in [1.82, 2.24) is 10.3 Å². The molecule has 0 bridgehead atoms. The second-order valence-electron chi connectivity index (χ2n) is 3.55. The molecule has 1 atom stereocenters. The van der Waals surface area contributed by atoms with Crippen LogP contribution in [0.15, 0.2) is 10.9 Å². The van der Waals surface area contributed by atoms with Gasteiger partial charge in [0.05, 0.1) is 24.4 Å². The highest BCUT2D eigenvalue weighted by Crippen LogP contribution is 2.11. The standard InChI is InChI=1S/C11H20N2O2S/c1-10(11-8-16-9-13-11)12-4-3-5-15-7-6-14-2/h8-10,12H,3-7H2,1-2H3. The first-order valence-corrected chi connectivity index (χ1v) is 6.47. The Labute approximate surface area is 101 Å². The van der Waals surface area contributed by atoms with Gasteiger partial charge < -0.3 is 14.8 Å². The number of hydrogen-bond donors (Lipinski definition) is 1. The van der Waals surface area contributed by atoms with Crippen LogP contribution in [0.1, 0.15) is 25.1 Å². The molecule has 0 spiro atoms. The molecule has 0 fully saturated rings. The van der Waals surface area contributed by atoms with E-state index < -0.39 is 0 Å². The highest BCUT2D eigenvalue weighted by atomic mass is 32.1. The van der Waals surface area contributed by atoms with Crippen LogP contribution >= 0.6 is 11.3 Å². The molecule has 92 valence electrons. The van der Waals surface area contributed by atoms with Crippen molar-refractivity contribution >= 4 is 11.3 Å². The summed E-state index contributed by atoms with van der Waals surface area (Å²) in [5, 5.41) is 5.48. The van der Waals surface area contributed by atoms with Crippen LogP contribution in [-0.4, -0.2) is 38.5 Å². The lowest BCUT2D eigenvalue weighted by Crippen LogP contribution is -2.21. The largest absolute Gasteiger partial charge is 0.382 e. The van der Waals surface area contributed by atoms with Crippen molar-refractivity contribution in [3.05, 3.63) is 16.6 Å². The number of nitrogens with one attached hydrogen (secondary N) is 1. The molecule has 16 heavy (non-hydrogen) atoms. The molecule has 1 aromatic rings. The number of hydrogen-bond acceptors (Lipinski definition) is 5. The number of thiazole rings is 1. The molecular weight excluding hydrogens is 224 g/mol. The van der Waals surface area contributed by atoms with Crippen LogP contribution in [0.4, 0.5) is 0 Å². The normalized spacial score (nSPS) is 12.9. The van der Waals surface area contributed by atoms with Crippen LogP contribution in [0, 0.1) is 0 Å². The van der Waals surface area contributed by atoms with E-state index in [-0.39, 0.29) is 0 Å². The number of rotatable bonds is 9. The monoisotopic (exact) mass is 244 g/mol. The minimum Gasteiger partial charge on any atom is -0.382 e. The molecule has 1 aromatic heterocycles. The van der Waals surface area contributed by atoms with E-state index in [0.717, 1.165) is 25.3 Å². The summed E-state index contributed by atoms with van der Waals surface area (Å²) in [5.41, 5.74) is 2.98. The Morgan fingerprint density at radius 3 is 3.00 bits per heavy atom. The summed E-state index contributed by atoms with van der Waals surface area (Å²) < 4.78 is 10.3. The van der Waals surface area contributed by atoms with Gasteiger partial charge in [0.2, 0.25) is 0 Å². The van der Waals surface area contributed by atoms with Gasteiger partial charge in [-0.2, -0.15) is 0 Å². The predicted molar refractivity (Wildman–Crippen MR) is 65.8 cm³/mol. The van der Waals surface area contributed by atoms with Crippen LogP contribution in [0.5, 0.6) is 0 Å². The molecule has 0 saturated carbocycles. The van der Waals surface area contributed by atoms with Gasteiger partial charge in [-0.05, 0) is 19.9 Å². The highest BCUT2D eigenvalue weighted by molar-refractivity contribution is 7.07. The first kappa shape index (κ1) is 13.6. The van der Waals surface area contributed by atoms with Gasteiger partial charge in [-0.1, -0.05) is 0 Å². The molecule has 5 heteroatoms. The molecule has 1 unspecified atom stereocenters. The lowest BCUT2D eigenvalue weighted by atomic mass is 10.2. The molecule has 0 aromatic carbocycles. The van der Waals surface area contributed by atoms with Crippen molar-refractivity contribution in [3.63, 3.8) is 0 Å². The minimum absolute atomic E-state index is 0.324. The van der Waals surface area contributed by atoms with E-state index in [0.29, 0.717) is 19.3 Å². The fourth-order valence-electron chi connectivity index (χ4n) is 1.28. The van der Waals surface area contributed by atoms with Crippen LogP contribution < -0.4 is 5.32 Å². The Hall–Kier alpha value is -0.490. The fraction of sp³-hybridized carbons (Fsp3) is 0.727. The number of ether oxygens (including phenoxy) is 2. The number of methoxy groups -OCH3 is 1. The maximum absolute atomic E-state index is 5.37. The molecule has 0 aliphatic rings. The second kappa shape index (κ2) is 8.64. The third-order valence-corrected chi connectivity index (χ3v) is 2.85. The zero-order chi connectivity index (χ0) is 11.6. The van der Waals surface area contributed by atoms with Crippen LogP contribution in [0.25, 0.3) is 0 Å². The molecule has 0 aliphatic carbocycles. The molecule has 0 amide bonds. The SMILES string of the molecule is COCCOCCCNC(C)c1cscn1. The average molecular weight is 244 g/mol. The van der Waals surface area contributed by atoms with Gasteiger partial charge in [-0.3, -0.25) is 0 Å².